The van der Waals surface area contributed by atoms with Crippen molar-refractivity contribution in [3.8, 4) is 11.5 Å². The number of hydrogen-bond donors (Lipinski definition) is 2. The largest absolute Gasteiger partial charge is 0.481 e. The predicted molar refractivity (Wildman–Crippen MR) is 91.5 cm³/mol. The fourth-order valence-corrected chi connectivity index (χ4v) is 4.20. The zero-order valence-electron chi connectivity index (χ0n) is 14.7. The summed E-state index contributed by atoms with van der Waals surface area (Å²) in [6, 6.07) is 5.78. The molecule has 24 heavy (non-hydrogen) atoms. The van der Waals surface area contributed by atoms with Gasteiger partial charge in [-0.2, -0.15) is 0 Å². The topological polar surface area (TPSA) is 67.8 Å². The normalized spacial score (nSPS) is 25.9. The first-order valence-corrected chi connectivity index (χ1v) is 8.77. The molecular formula is C19H27NO4. The quantitative estimate of drug-likeness (QED) is 0.835. The van der Waals surface area contributed by atoms with Crippen molar-refractivity contribution in [2.45, 2.75) is 52.0 Å². The van der Waals surface area contributed by atoms with Gasteiger partial charge in [-0.25, -0.2) is 0 Å². The minimum absolute atomic E-state index is 0.000488. The van der Waals surface area contributed by atoms with Gasteiger partial charge >= 0.3 is 5.97 Å². The van der Waals surface area contributed by atoms with Gasteiger partial charge in [0.15, 0.2) is 11.5 Å². The number of carbonyl (C=O) groups is 1. The third-order valence-corrected chi connectivity index (χ3v) is 5.28. The van der Waals surface area contributed by atoms with Crippen LogP contribution in [0.4, 0.5) is 0 Å². The van der Waals surface area contributed by atoms with Crippen molar-refractivity contribution in [1.82, 2.24) is 5.32 Å². The minimum atomic E-state index is -0.722. The highest BCUT2D eigenvalue weighted by atomic mass is 16.7. The number of aliphatic carboxylic acids is 1. The molecule has 0 aromatic heterocycles. The number of carboxylic acids is 1. The second kappa shape index (κ2) is 6.63. The molecule has 0 aliphatic carbocycles. The number of fused-ring (bicyclic) bond motifs is 1. The van der Waals surface area contributed by atoms with E-state index >= 15 is 0 Å². The fraction of sp³-hybridized carbons (Fsp3) is 0.632. The molecule has 1 aromatic carbocycles. The van der Waals surface area contributed by atoms with Crippen LogP contribution in [0.1, 0.15) is 51.5 Å². The fourth-order valence-electron chi connectivity index (χ4n) is 4.20. The molecule has 5 nitrogen and oxygen atoms in total. The van der Waals surface area contributed by atoms with E-state index in [-0.39, 0.29) is 24.2 Å². The Balaban J connectivity index is 1.80. The van der Waals surface area contributed by atoms with Gasteiger partial charge in [-0.05, 0) is 36.0 Å². The molecule has 2 N–H and O–H groups in total. The standard InChI is InChI=1S/C19H27NO4/c1-4-7-19(2,3)9-14-17(18(21)22)13(10-20-14)12-5-6-15-16(8-12)24-11-23-15/h5-6,8,13-14,17,20H,4,7,9-11H2,1-3H3,(H,21,22). The summed E-state index contributed by atoms with van der Waals surface area (Å²) in [6.07, 6.45) is 3.09. The highest BCUT2D eigenvalue weighted by Crippen LogP contribution is 2.41. The zero-order valence-corrected chi connectivity index (χ0v) is 14.7. The van der Waals surface area contributed by atoms with Crippen molar-refractivity contribution < 1.29 is 19.4 Å². The molecule has 132 valence electrons. The van der Waals surface area contributed by atoms with Crippen LogP contribution in [0.5, 0.6) is 11.5 Å². The van der Waals surface area contributed by atoms with Crippen LogP contribution in [0.3, 0.4) is 0 Å². The Hall–Kier alpha value is -1.75. The van der Waals surface area contributed by atoms with Gasteiger partial charge in [0.2, 0.25) is 6.79 Å². The van der Waals surface area contributed by atoms with Crippen LogP contribution in [0.2, 0.25) is 0 Å². The van der Waals surface area contributed by atoms with Gasteiger partial charge in [-0.3, -0.25) is 4.79 Å². The van der Waals surface area contributed by atoms with E-state index in [1.807, 2.05) is 18.2 Å². The Kier molecular flexibility index (Phi) is 4.72. The molecule has 1 saturated heterocycles. The van der Waals surface area contributed by atoms with E-state index in [1.54, 1.807) is 0 Å². The van der Waals surface area contributed by atoms with Gasteiger partial charge < -0.3 is 19.9 Å². The molecule has 3 rings (SSSR count). The number of benzene rings is 1. The van der Waals surface area contributed by atoms with Crippen LogP contribution < -0.4 is 14.8 Å². The molecule has 0 amide bonds. The SMILES string of the molecule is CCCC(C)(C)CC1NCC(c2ccc3c(c2)OCO3)C1C(=O)O. The molecule has 2 aliphatic rings. The lowest BCUT2D eigenvalue weighted by Gasteiger charge is -2.30. The molecule has 3 atom stereocenters. The zero-order chi connectivity index (χ0) is 17.3. The van der Waals surface area contributed by atoms with Crippen molar-refractivity contribution in [2.24, 2.45) is 11.3 Å². The van der Waals surface area contributed by atoms with Crippen molar-refractivity contribution >= 4 is 5.97 Å². The first-order chi connectivity index (χ1) is 11.4. The molecule has 0 radical (unpaired) electrons. The van der Waals surface area contributed by atoms with Gasteiger partial charge in [-0.1, -0.05) is 33.3 Å². The summed E-state index contributed by atoms with van der Waals surface area (Å²) in [5.74, 6) is 0.268. The van der Waals surface area contributed by atoms with Gasteiger partial charge in [0.05, 0.1) is 5.92 Å². The van der Waals surface area contributed by atoms with Crippen LogP contribution in [-0.4, -0.2) is 30.5 Å². The third-order valence-electron chi connectivity index (χ3n) is 5.28. The van der Waals surface area contributed by atoms with Crippen molar-refractivity contribution in [2.75, 3.05) is 13.3 Å². The van der Waals surface area contributed by atoms with Crippen molar-refractivity contribution in [3.63, 3.8) is 0 Å². The van der Waals surface area contributed by atoms with Crippen LogP contribution >= 0.6 is 0 Å². The lowest BCUT2D eigenvalue weighted by atomic mass is 9.76. The van der Waals surface area contributed by atoms with Crippen molar-refractivity contribution in [1.29, 1.82) is 0 Å². The summed E-state index contributed by atoms with van der Waals surface area (Å²) in [7, 11) is 0. The van der Waals surface area contributed by atoms with Gasteiger partial charge in [0, 0.05) is 18.5 Å². The molecular weight excluding hydrogens is 306 g/mol. The van der Waals surface area contributed by atoms with Crippen LogP contribution in [0.15, 0.2) is 18.2 Å². The van der Waals surface area contributed by atoms with E-state index < -0.39 is 11.9 Å². The van der Waals surface area contributed by atoms with Crippen LogP contribution in [0.25, 0.3) is 0 Å². The molecule has 2 aliphatic heterocycles. The smallest absolute Gasteiger partial charge is 0.308 e. The molecule has 0 bridgehead atoms. The van der Waals surface area contributed by atoms with Gasteiger partial charge in [-0.15, -0.1) is 0 Å². The average molecular weight is 333 g/mol. The number of ether oxygens (including phenoxy) is 2. The summed E-state index contributed by atoms with van der Waals surface area (Å²) < 4.78 is 10.8. The molecule has 1 aromatic rings. The molecule has 0 saturated carbocycles. The summed E-state index contributed by atoms with van der Waals surface area (Å²) in [6.45, 7) is 7.55. The summed E-state index contributed by atoms with van der Waals surface area (Å²) in [4.78, 5) is 12.0. The van der Waals surface area contributed by atoms with Crippen molar-refractivity contribution in [3.05, 3.63) is 23.8 Å². The maximum Gasteiger partial charge on any atom is 0.308 e. The van der Waals surface area contributed by atoms with Gasteiger partial charge in [0.25, 0.3) is 0 Å². The number of nitrogens with one attached hydrogen (secondary N) is 1. The lowest BCUT2D eigenvalue weighted by Crippen LogP contribution is -2.36. The maximum absolute atomic E-state index is 12.0. The summed E-state index contributed by atoms with van der Waals surface area (Å²) in [5, 5.41) is 13.3. The Bertz CT molecular complexity index is 613. The number of hydrogen-bond acceptors (Lipinski definition) is 4. The monoisotopic (exact) mass is 333 g/mol. The third kappa shape index (κ3) is 3.36. The second-order valence-electron chi connectivity index (χ2n) is 7.72. The van der Waals surface area contributed by atoms with Crippen LogP contribution in [-0.2, 0) is 4.79 Å². The molecule has 1 fully saturated rings. The average Bonchev–Trinajstić information content (AvgIpc) is 3.11. The summed E-state index contributed by atoms with van der Waals surface area (Å²) in [5.41, 5.74) is 1.15. The van der Waals surface area contributed by atoms with Gasteiger partial charge in [0.1, 0.15) is 0 Å². The Morgan fingerprint density at radius 1 is 1.33 bits per heavy atom. The molecule has 2 heterocycles. The number of rotatable bonds is 6. The van der Waals surface area contributed by atoms with E-state index in [0.717, 1.165) is 30.6 Å². The first kappa shape index (κ1) is 17.1. The number of carboxylic acid groups (broad SMARTS) is 1. The second-order valence-corrected chi connectivity index (χ2v) is 7.72. The lowest BCUT2D eigenvalue weighted by molar-refractivity contribution is -0.142. The maximum atomic E-state index is 12.0. The highest BCUT2D eigenvalue weighted by Gasteiger charge is 2.43. The van der Waals surface area contributed by atoms with E-state index in [1.165, 1.54) is 0 Å². The van der Waals surface area contributed by atoms with E-state index in [0.29, 0.717) is 12.3 Å². The Morgan fingerprint density at radius 2 is 2.08 bits per heavy atom. The highest BCUT2D eigenvalue weighted by molar-refractivity contribution is 5.73. The molecule has 5 heteroatoms. The minimum Gasteiger partial charge on any atom is -0.481 e. The Labute approximate surface area is 143 Å². The van der Waals surface area contributed by atoms with Crippen LogP contribution in [0, 0.1) is 11.3 Å². The van der Waals surface area contributed by atoms with E-state index in [9.17, 15) is 9.90 Å². The molecule has 3 unspecified atom stereocenters. The first-order valence-electron chi connectivity index (χ1n) is 8.77. The Morgan fingerprint density at radius 3 is 2.79 bits per heavy atom. The summed E-state index contributed by atoms with van der Waals surface area (Å²) >= 11 is 0. The predicted octanol–water partition coefficient (Wildman–Crippen LogP) is 3.39. The molecule has 0 spiro atoms. The van der Waals surface area contributed by atoms with E-state index in [2.05, 4.69) is 26.1 Å². The van der Waals surface area contributed by atoms with E-state index in [4.69, 9.17) is 9.47 Å².